The SMILES string of the molecule is O=C(Nc1ccc(Cc2ccc(NC(=O)Oc3ccccc3)cc2)cc1)Oc1ccccc1. The van der Waals surface area contributed by atoms with Crippen LogP contribution in [0.1, 0.15) is 11.1 Å². The Morgan fingerprint density at radius 2 is 0.879 bits per heavy atom. The molecular formula is C27H22N2O4. The van der Waals surface area contributed by atoms with Gasteiger partial charge in [-0.05, 0) is 66.1 Å². The average molecular weight is 438 g/mol. The predicted molar refractivity (Wildman–Crippen MR) is 128 cm³/mol. The maximum Gasteiger partial charge on any atom is 0.417 e. The first-order valence-electron chi connectivity index (χ1n) is 10.4. The Balaban J connectivity index is 1.27. The molecule has 0 heterocycles. The van der Waals surface area contributed by atoms with Gasteiger partial charge in [-0.3, -0.25) is 10.6 Å². The van der Waals surface area contributed by atoms with Crippen LogP contribution in [0.15, 0.2) is 109 Å². The molecule has 6 heteroatoms. The molecule has 0 saturated heterocycles. The van der Waals surface area contributed by atoms with Crippen LogP contribution in [0.5, 0.6) is 11.5 Å². The molecule has 0 fully saturated rings. The van der Waals surface area contributed by atoms with Gasteiger partial charge in [0.25, 0.3) is 0 Å². The van der Waals surface area contributed by atoms with Crippen LogP contribution in [0, 0.1) is 0 Å². The Bertz CT molecular complexity index is 1100. The zero-order valence-corrected chi connectivity index (χ0v) is 17.7. The lowest BCUT2D eigenvalue weighted by Gasteiger charge is -2.09. The monoisotopic (exact) mass is 438 g/mol. The van der Waals surface area contributed by atoms with Crippen LogP contribution < -0.4 is 20.1 Å². The molecule has 33 heavy (non-hydrogen) atoms. The van der Waals surface area contributed by atoms with Gasteiger partial charge in [-0.25, -0.2) is 9.59 Å². The lowest BCUT2D eigenvalue weighted by Crippen LogP contribution is -2.16. The zero-order valence-electron chi connectivity index (χ0n) is 17.7. The van der Waals surface area contributed by atoms with E-state index in [-0.39, 0.29) is 0 Å². The molecular weight excluding hydrogens is 416 g/mol. The van der Waals surface area contributed by atoms with Crippen molar-refractivity contribution in [3.8, 4) is 11.5 Å². The third kappa shape index (κ3) is 6.70. The van der Waals surface area contributed by atoms with Crippen LogP contribution in [0.2, 0.25) is 0 Å². The highest BCUT2D eigenvalue weighted by Crippen LogP contribution is 2.17. The van der Waals surface area contributed by atoms with Crippen LogP contribution >= 0.6 is 0 Å². The van der Waals surface area contributed by atoms with E-state index in [1.54, 1.807) is 48.5 Å². The molecule has 0 aromatic heterocycles. The van der Waals surface area contributed by atoms with E-state index in [1.165, 1.54) is 0 Å². The molecule has 0 radical (unpaired) electrons. The first kappa shape index (κ1) is 21.6. The van der Waals surface area contributed by atoms with Crippen molar-refractivity contribution in [1.29, 1.82) is 0 Å². The summed E-state index contributed by atoms with van der Waals surface area (Å²) in [5.41, 5.74) is 3.47. The Hall–Kier alpha value is -4.58. The summed E-state index contributed by atoms with van der Waals surface area (Å²) in [4.78, 5) is 24.0. The number of para-hydroxylation sites is 2. The van der Waals surface area contributed by atoms with E-state index in [9.17, 15) is 9.59 Å². The first-order chi connectivity index (χ1) is 16.1. The van der Waals surface area contributed by atoms with Crippen LogP contribution in [0.4, 0.5) is 21.0 Å². The van der Waals surface area contributed by atoms with Crippen molar-refractivity contribution < 1.29 is 19.1 Å². The van der Waals surface area contributed by atoms with Crippen molar-refractivity contribution in [2.24, 2.45) is 0 Å². The van der Waals surface area contributed by atoms with Crippen molar-refractivity contribution >= 4 is 23.6 Å². The molecule has 2 amide bonds. The van der Waals surface area contributed by atoms with E-state index < -0.39 is 12.2 Å². The summed E-state index contributed by atoms with van der Waals surface area (Å²) in [6.07, 6.45) is -0.366. The van der Waals surface area contributed by atoms with Gasteiger partial charge in [0.2, 0.25) is 0 Å². The van der Waals surface area contributed by atoms with Crippen LogP contribution in [0.3, 0.4) is 0 Å². The fourth-order valence-electron chi connectivity index (χ4n) is 3.13. The summed E-state index contributed by atoms with van der Waals surface area (Å²) in [6.45, 7) is 0. The summed E-state index contributed by atoms with van der Waals surface area (Å²) >= 11 is 0. The molecule has 0 aliphatic heterocycles. The number of carbonyl (C=O) groups excluding carboxylic acids is 2. The van der Waals surface area contributed by atoms with Crippen molar-refractivity contribution in [2.45, 2.75) is 6.42 Å². The smallest absolute Gasteiger partial charge is 0.410 e. The van der Waals surface area contributed by atoms with E-state index in [0.717, 1.165) is 11.1 Å². The second-order valence-corrected chi connectivity index (χ2v) is 7.23. The van der Waals surface area contributed by atoms with Gasteiger partial charge in [0, 0.05) is 11.4 Å². The van der Waals surface area contributed by atoms with Crippen LogP contribution in [0.25, 0.3) is 0 Å². The summed E-state index contributed by atoms with van der Waals surface area (Å²) < 4.78 is 10.5. The fourth-order valence-corrected chi connectivity index (χ4v) is 3.13. The molecule has 0 bridgehead atoms. The van der Waals surface area contributed by atoms with E-state index in [2.05, 4.69) is 10.6 Å². The molecule has 0 unspecified atom stereocenters. The van der Waals surface area contributed by atoms with E-state index in [1.807, 2.05) is 60.7 Å². The first-order valence-corrected chi connectivity index (χ1v) is 10.4. The highest BCUT2D eigenvalue weighted by atomic mass is 16.6. The molecule has 0 saturated carbocycles. The van der Waals surface area contributed by atoms with Crippen LogP contribution in [-0.4, -0.2) is 12.2 Å². The Labute approximate surface area is 191 Å². The molecule has 2 N–H and O–H groups in total. The second-order valence-electron chi connectivity index (χ2n) is 7.23. The Morgan fingerprint density at radius 1 is 0.515 bits per heavy atom. The number of hydrogen-bond donors (Lipinski definition) is 2. The number of hydrogen-bond acceptors (Lipinski definition) is 4. The topological polar surface area (TPSA) is 76.7 Å². The molecule has 0 aliphatic rings. The third-order valence-corrected chi connectivity index (χ3v) is 4.72. The van der Waals surface area contributed by atoms with Gasteiger partial charge in [0.15, 0.2) is 0 Å². The maximum atomic E-state index is 12.0. The Morgan fingerprint density at radius 3 is 1.24 bits per heavy atom. The number of benzene rings is 4. The third-order valence-electron chi connectivity index (χ3n) is 4.72. The van der Waals surface area contributed by atoms with Gasteiger partial charge in [0.1, 0.15) is 11.5 Å². The molecule has 164 valence electrons. The van der Waals surface area contributed by atoms with E-state index >= 15 is 0 Å². The standard InChI is InChI=1S/C27H22N2O4/c30-26(32-24-7-3-1-4-8-24)28-22-15-11-20(12-16-22)19-21-13-17-23(18-14-21)29-27(31)33-25-9-5-2-6-10-25/h1-18H,19H2,(H,28,30)(H,29,31). The van der Waals surface area contributed by atoms with Crippen molar-refractivity contribution in [1.82, 2.24) is 0 Å². The molecule has 4 aromatic rings. The van der Waals surface area contributed by atoms with Gasteiger partial charge >= 0.3 is 12.2 Å². The second kappa shape index (κ2) is 10.6. The predicted octanol–water partition coefficient (Wildman–Crippen LogP) is 6.50. The molecule has 4 rings (SSSR count). The lowest BCUT2D eigenvalue weighted by molar-refractivity contribution is 0.214. The number of nitrogens with one attached hydrogen (secondary N) is 2. The summed E-state index contributed by atoms with van der Waals surface area (Å²) in [7, 11) is 0. The van der Waals surface area contributed by atoms with E-state index in [4.69, 9.17) is 9.47 Å². The minimum atomic E-state index is -0.539. The number of ether oxygens (including phenoxy) is 2. The Kier molecular flexibility index (Phi) is 6.98. The fraction of sp³-hybridized carbons (Fsp3) is 0.0370. The van der Waals surface area contributed by atoms with Crippen molar-refractivity contribution in [2.75, 3.05) is 10.6 Å². The zero-order chi connectivity index (χ0) is 22.9. The quantitative estimate of drug-likeness (QED) is 0.360. The number of rotatable bonds is 6. The average Bonchev–Trinajstić information content (AvgIpc) is 2.83. The summed E-state index contributed by atoms with van der Waals surface area (Å²) in [6, 6.07) is 32.9. The molecule has 0 aliphatic carbocycles. The lowest BCUT2D eigenvalue weighted by atomic mass is 10.0. The minimum Gasteiger partial charge on any atom is -0.410 e. The van der Waals surface area contributed by atoms with Gasteiger partial charge in [-0.2, -0.15) is 0 Å². The maximum absolute atomic E-state index is 12.0. The minimum absolute atomic E-state index is 0.484. The molecule has 0 spiro atoms. The van der Waals surface area contributed by atoms with Gasteiger partial charge in [0.05, 0.1) is 0 Å². The molecule has 6 nitrogen and oxygen atoms in total. The van der Waals surface area contributed by atoms with E-state index in [0.29, 0.717) is 29.3 Å². The number of anilines is 2. The van der Waals surface area contributed by atoms with Gasteiger partial charge < -0.3 is 9.47 Å². The molecule has 0 atom stereocenters. The number of amides is 2. The normalized spacial score (nSPS) is 10.2. The van der Waals surface area contributed by atoms with Gasteiger partial charge in [-0.1, -0.05) is 60.7 Å². The van der Waals surface area contributed by atoms with Crippen molar-refractivity contribution in [3.63, 3.8) is 0 Å². The van der Waals surface area contributed by atoms with Gasteiger partial charge in [-0.15, -0.1) is 0 Å². The van der Waals surface area contributed by atoms with Crippen LogP contribution in [-0.2, 0) is 6.42 Å². The number of carbonyl (C=O) groups is 2. The summed E-state index contributed by atoms with van der Waals surface area (Å²) in [5, 5.41) is 5.42. The molecule has 4 aromatic carbocycles. The highest BCUT2D eigenvalue weighted by molar-refractivity contribution is 5.86. The van der Waals surface area contributed by atoms with Crippen molar-refractivity contribution in [3.05, 3.63) is 120 Å². The largest absolute Gasteiger partial charge is 0.417 e. The highest BCUT2D eigenvalue weighted by Gasteiger charge is 2.07. The summed E-state index contributed by atoms with van der Waals surface area (Å²) in [5.74, 6) is 0.968.